The minimum absolute atomic E-state index is 0.231. The topological polar surface area (TPSA) is 24.1 Å². The second kappa shape index (κ2) is 4.00. The van der Waals surface area contributed by atoms with Crippen molar-refractivity contribution in [3.05, 3.63) is 22.4 Å². The van der Waals surface area contributed by atoms with Crippen LogP contribution in [0.15, 0.2) is 16.6 Å². The minimum atomic E-state index is -0.231. The van der Waals surface area contributed by atoms with Crippen LogP contribution in [0, 0.1) is 11.7 Å². The van der Waals surface area contributed by atoms with Crippen LogP contribution in [0.5, 0.6) is 0 Å². The van der Waals surface area contributed by atoms with Crippen LogP contribution in [0.3, 0.4) is 0 Å². The fourth-order valence-electron chi connectivity index (χ4n) is 1.65. The first kappa shape index (κ1) is 10.7. The van der Waals surface area contributed by atoms with Crippen LogP contribution < -0.4 is 10.6 Å². The Kier molecular flexibility index (Phi) is 2.87. The maximum Gasteiger partial charge on any atom is 0.139 e. The Labute approximate surface area is 97.4 Å². The van der Waals surface area contributed by atoms with E-state index < -0.39 is 0 Å². The molecule has 0 aromatic heterocycles. The van der Waals surface area contributed by atoms with Crippen molar-refractivity contribution in [1.82, 2.24) is 0 Å². The van der Waals surface area contributed by atoms with E-state index in [4.69, 9.17) is 0 Å². The third kappa shape index (κ3) is 2.09. The van der Waals surface area contributed by atoms with E-state index in [-0.39, 0.29) is 5.82 Å². The summed E-state index contributed by atoms with van der Waals surface area (Å²) in [6, 6.07) is 3.69. The molecule has 15 heavy (non-hydrogen) atoms. The van der Waals surface area contributed by atoms with E-state index in [1.54, 1.807) is 6.07 Å². The van der Waals surface area contributed by atoms with Crippen molar-refractivity contribution in [2.24, 2.45) is 5.92 Å². The maximum atomic E-state index is 13.3. The fourth-order valence-corrected chi connectivity index (χ4v) is 1.99. The number of fused-ring (bicyclic) bond motifs is 1. The summed E-state index contributed by atoms with van der Waals surface area (Å²) in [6.45, 7) is 5.17. The molecule has 1 heterocycles. The van der Waals surface area contributed by atoms with Crippen LogP contribution >= 0.6 is 15.9 Å². The molecular formula is C11H14BrFN2. The van der Waals surface area contributed by atoms with Crippen LogP contribution in [-0.4, -0.2) is 12.6 Å². The maximum absolute atomic E-state index is 13.3. The van der Waals surface area contributed by atoms with Crippen LogP contribution in [0.25, 0.3) is 0 Å². The lowest BCUT2D eigenvalue weighted by atomic mass is 10.0. The van der Waals surface area contributed by atoms with Gasteiger partial charge in [-0.15, -0.1) is 0 Å². The van der Waals surface area contributed by atoms with Gasteiger partial charge in [0, 0.05) is 18.7 Å². The van der Waals surface area contributed by atoms with Crippen LogP contribution in [0.4, 0.5) is 15.8 Å². The second-order valence-electron chi connectivity index (χ2n) is 4.10. The summed E-state index contributed by atoms with van der Waals surface area (Å²) in [6.07, 6.45) is 0. The first-order valence-electron chi connectivity index (χ1n) is 5.07. The summed E-state index contributed by atoms with van der Waals surface area (Å²) in [5, 5.41) is 6.63. The highest BCUT2D eigenvalue weighted by molar-refractivity contribution is 9.10. The summed E-state index contributed by atoms with van der Waals surface area (Å²) in [5.74, 6) is 0.282. The largest absolute Gasteiger partial charge is 0.383 e. The van der Waals surface area contributed by atoms with Crippen molar-refractivity contribution in [2.75, 3.05) is 17.2 Å². The standard InChI is InChI=1S/C11H14BrFN2/c1-6-5-14-10-4-9(13)8(12)3-11(10)15-7(6)2/h3-4,6-7,14-15H,5H2,1-2H3. The molecule has 0 saturated carbocycles. The Morgan fingerprint density at radius 2 is 2.07 bits per heavy atom. The predicted octanol–water partition coefficient (Wildman–Crippen LogP) is 3.45. The molecule has 2 nitrogen and oxygen atoms in total. The van der Waals surface area contributed by atoms with Crippen molar-refractivity contribution in [3.63, 3.8) is 0 Å². The van der Waals surface area contributed by atoms with E-state index >= 15 is 0 Å². The van der Waals surface area contributed by atoms with Crippen molar-refractivity contribution in [3.8, 4) is 0 Å². The van der Waals surface area contributed by atoms with E-state index in [0.29, 0.717) is 16.4 Å². The first-order valence-corrected chi connectivity index (χ1v) is 5.86. The molecular weight excluding hydrogens is 259 g/mol. The fraction of sp³-hybridized carbons (Fsp3) is 0.455. The monoisotopic (exact) mass is 272 g/mol. The van der Waals surface area contributed by atoms with E-state index in [0.717, 1.165) is 17.9 Å². The van der Waals surface area contributed by atoms with Gasteiger partial charge in [-0.1, -0.05) is 6.92 Å². The van der Waals surface area contributed by atoms with E-state index in [9.17, 15) is 4.39 Å². The molecule has 0 fully saturated rings. The van der Waals surface area contributed by atoms with Gasteiger partial charge in [-0.2, -0.15) is 0 Å². The number of anilines is 2. The molecule has 2 N–H and O–H groups in total. The summed E-state index contributed by atoms with van der Waals surface area (Å²) >= 11 is 3.19. The molecule has 1 aliphatic heterocycles. The van der Waals surface area contributed by atoms with Crippen LogP contribution in [-0.2, 0) is 0 Å². The molecule has 1 aromatic rings. The van der Waals surface area contributed by atoms with Gasteiger partial charge < -0.3 is 10.6 Å². The highest BCUT2D eigenvalue weighted by Crippen LogP contribution is 2.32. The lowest BCUT2D eigenvalue weighted by Gasteiger charge is -2.17. The van der Waals surface area contributed by atoms with Gasteiger partial charge in [0.1, 0.15) is 5.82 Å². The summed E-state index contributed by atoms with van der Waals surface area (Å²) < 4.78 is 13.8. The Morgan fingerprint density at radius 3 is 2.80 bits per heavy atom. The third-order valence-electron chi connectivity index (χ3n) is 2.91. The summed E-state index contributed by atoms with van der Waals surface area (Å²) in [5.41, 5.74) is 1.80. The minimum Gasteiger partial charge on any atom is -0.383 e. The zero-order valence-corrected chi connectivity index (χ0v) is 10.4. The highest BCUT2D eigenvalue weighted by Gasteiger charge is 2.19. The normalized spacial score (nSPS) is 24.8. The molecule has 0 amide bonds. The summed E-state index contributed by atoms with van der Waals surface area (Å²) in [4.78, 5) is 0. The molecule has 0 radical (unpaired) electrons. The van der Waals surface area contributed by atoms with Crippen LogP contribution in [0.2, 0.25) is 0 Å². The van der Waals surface area contributed by atoms with Crippen molar-refractivity contribution < 1.29 is 4.39 Å². The van der Waals surface area contributed by atoms with Gasteiger partial charge in [0.05, 0.1) is 15.8 Å². The van der Waals surface area contributed by atoms with E-state index in [1.165, 1.54) is 6.07 Å². The van der Waals surface area contributed by atoms with Gasteiger partial charge >= 0.3 is 0 Å². The smallest absolute Gasteiger partial charge is 0.139 e. The number of nitrogens with one attached hydrogen (secondary N) is 2. The quantitative estimate of drug-likeness (QED) is 0.756. The zero-order valence-electron chi connectivity index (χ0n) is 8.77. The molecule has 1 aromatic carbocycles. The Balaban J connectivity index is 2.39. The Bertz CT molecular complexity index is 381. The number of rotatable bonds is 0. The van der Waals surface area contributed by atoms with Crippen LogP contribution in [0.1, 0.15) is 13.8 Å². The van der Waals surface area contributed by atoms with E-state index in [2.05, 4.69) is 40.4 Å². The summed E-state index contributed by atoms with van der Waals surface area (Å²) in [7, 11) is 0. The third-order valence-corrected chi connectivity index (χ3v) is 3.52. The Hall–Kier alpha value is -0.770. The lowest BCUT2D eigenvalue weighted by Crippen LogP contribution is -2.25. The average Bonchev–Trinajstić information content (AvgIpc) is 2.31. The average molecular weight is 273 g/mol. The van der Waals surface area contributed by atoms with Crippen molar-refractivity contribution in [2.45, 2.75) is 19.9 Å². The molecule has 1 aliphatic rings. The molecule has 0 spiro atoms. The lowest BCUT2D eigenvalue weighted by molar-refractivity contribution is 0.542. The Morgan fingerprint density at radius 1 is 1.33 bits per heavy atom. The predicted molar refractivity (Wildman–Crippen MR) is 64.8 cm³/mol. The number of hydrogen-bond donors (Lipinski definition) is 2. The second-order valence-corrected chi connectivity index (χ2v) is 4.96. The number of hydrogen-bond acceptors (Lipinski definition) is 2. The van der Waals surface area contributed by atoms with E-state index in [1.807, 2.05) is 0 Å². The van der Waals surface area contributed by atoms with Gasteiger partial charge in [-0.3, -0.25) is 0 Å². The molecule has 0 saturated heterocycles. The van der Waals surface area contributed by atoms with Gasteiger partial charge in [-0.05, 0) is 34.8 Å². The van der Waals surface area contributed by atoms with Crippen molar-refractivity contribution >= 4 is 27.3 Å². The first-order chi connectivity index (χ1) is 7.08. The highest BCUT2D eigenvalue weighted by atomic mass is 79.9. The molecule has 2 atom stereocenters. The SMILES string of the molecule is CC1CNc2cc(F)c(Br)cc2NC1C. The van der Waals surface area contributed by atoms with Gasteiger partial charge in [-0.25, -0.2) is 4.39 Å². The van der Waals surface area contributed by atoms with Crippen molar-refractivity contribution in [1.29, 1.82) is 0 Å². The number of benzene rings is 1. The zero-order chi connectivity index (χ0) is 11.0. The number of halogens is 2. The molecule has 0 aliphatic carbocycles. The molecule has 0 bridgehead atoms. The molecule has 4 heteroatoms. The molecule has 2 rings (SSSR count). The molecule has 2 unspecified atom stereocenters. The molecule has 82 valence electrons. The van der Waals surface area contributed by atoms with Gasteiger partial charge in [0.25, 0.3) is 0 Å². The van der Waals surface area contributed by atoms with Gasteiger partial charge in [0.2, 0.25) is 0 Å². The van der Waals surface area contributed by atoms with Gasteiger partial charge in [0.15, 0.2) is 0 Å².